The Morgan fingerprint density at radius 2 is 2.00 bits per heavy atom. The number of amides is 1. The van der Waals surface area contributed by atoms with Gasteiger partial charge < -0.3 is 14.8 Å². The third-order valence-corrected chi connectivity index (χ3v) is 2.72. The van der Waals surface area contributed by atoms with Crippen LogP contribution in [0.3, 0.4) is 0 Å². The van der Waals surface area contributed by atoms with E-state index in [2.05, 4.69) is 21.2 Å². The molecule has 0 aromatic heterocycles. The summed E-state index contributed by atoms with van der Waals surface area (Å²) in [6.07, 6.45) is -0.836. The van der Waals surface area contributed by atoms with E-state index in [1.165, 1.54) is 12.1 Å². The zero-order valence-corrected chi connectivity index (χ0v) is 13.7. The molecule has 20 heavy (non-hydrogen) atoms. The number of carbonyl (C=O) groups excluding carboxylic acids is 2. The first-order valence-corrected chi connectivity index (χ1v) is 7.27. The predicted octanol–water partition coefficient (Wildman–Crippen LogP) is 3.99. The number of alkyl halides is 1. The maximum atomic E-state index is 11.5. The Labute approximate surface area is 130 Å². The summed E-state index contributed by atoms with van der Waals surface area (Å²) in [4.78, 5) is 22.7. The Morgan fingerprint density at radius 3 is 2.50 bits per heavy atom. The van der Waals surface area contributed by atoms with Gasteiger partial charge in [0.25, 0.3) is 0 Å². The van der Waals surface area contributed by atoms with E-state index in [1.807, 2.05) is 0 Å². The van der Waals surface area contributed by atoms with Crippen molar-refractivity contribution in [3.05, 3.63) is 23.2 Å². The fourth-order valence-electron chi connectivity index (χ4n) is 1.22. The average Bonchev–Trinajstić information content (AvgIpc) is 2.30. The van der Waals surface area contributed by atoms with Gasteiger partial charge in [0.05, 0.1) is 10.4 Å². The Balaban J connectivity index is 2.73. The molecule has 0 fully saturated rings. The van der Waals surface area contributed by atoms with Crippen LogP contribution >= 0.6 is 27.5 Å². The summed E-state index contributed by atoms with van der Waals surface area (Å²) in [5, 5.41) is 2.99. The van der Waals surface area contributed by atoms with Crippen molar-refractivity contribution < 1.29 is 19.1 Å². The first-order chi connectivity index (χ1) is 9.21. The second kappa shape index (κ2) is 6.95. The van der Waals surface area contributed by atoms with E-state index in [4.69, 9.17) is 21.1 Å². The van der Waals surface area contributed by atoms with Crippen LogP contribution in [0.15, 0.2) is 18.2 Å². The summed E-state index contributed by atoms with van der Waals surface area (Å²) in [6.45, 7) is 5.19. The number of carbonyl (C=O) groups is 2. The molecular formula is C13H15BrClNO4. The molecule has 0 saturated carbocycles. The number of nitrogens with one attached hydrogen (secondary N) is 1. The van der Waals surface area contributed by atoms with E-state index in [0.717, 1.165) is 0 Å². The minimum atomic E-state index is -0.836. The Kier molecular flexibility index (Phi) is 5.83. The van der Waals surface area contributed by atoms with Crippen LogP contribution < -0.4 is 10.1 Å². The van der Waals surface area contributed by atoms with Gasteiger partial charge in [0.2, 0.25) is 5.91 Å². The maximum absolute atomic E-state index is 11.5. The Bertz CT molecular complexity index is 514. The average molecular weight is 365 g/mol. The lowest BCUT2D eigenvalue weighted by molar-refractivity contribution is -0.113. The van der Waals surface area contributed by atoms with Gasteiger partial charge in [-0.05, 0) is 39.0 Å². The molecule has 0 saturated heterocycles. The highest BCUT2D eigenvalue weighted by atomic mass is 79.9. The van der Waals surface area contributed by atoms with Crippen LogP contribution in [-0.2, 0) is 9.53 Å². The molecule has 0 aliphatic carbocycles. The lowest BCUT2D eigenvalue weighted by Crippen LogP contribution is -2.26. The molecule has 0 unspecified atom stereocenters. The number of rotatable bonds is 3. The molecule has 0 radical (unpaired) electrons. The quantitative estimate of drug-likeness (QED) is 0.500. The van der Waals surface area contributed by atoms with E-state index in [9.17, 15) is 9.59 Å². The zero-order chi connectivity index (χ0) is 15.3. The first kappa shape index (κ1) is 16.8. The van der Waals surface area contributed by atoms with Crippen molar-refractivity contribution in [3.8, 4) is 5.75 Å². The van der Waals surface area contributed by atoms with Crippen molar-refractivity contribution in [2.75, 3.05) is 10.6 Å². The van der Waals surface area contributed by atoms with Gasteiger partial charge in [-0.1, -0.05) is 27.5 Å². The van der Waals surface area contributed by atoms with E-state index in [-0.39, 0.29) is 22.0 Å². The SMILES string of the molecule is CC(C)(C)OC(=O)Oc1ccc(NC(=O)CBr)cc1Cl. The Hall–Kier alpha value is -1.27. The molecule has 1 aromatic rings. The summed E-state index contributed by atoms with van der Waals surface area (Å²) < 4.78 is 10.0. The lowest BCUT2D eigenvalue weighted by Gasteiger charge is -2.19. The number of ether oxygens (including phenoxy) is 2. The van der Waals surface area contributed by atoms with Gasteiger partial charge in [0, 0.05) is 5.69 Å². The molecule has 0 aliphatic rings. The van der Waals surface area contributed by atoms with Crippen molar-refractivity contribution in [1.82, 2.24) is 0 Å². The largest absolute Gasteiger partial charge is 0.514 e. The lowest BCUT2D eigenvalue weighted by atomic mass is 10.2. The molecule has 110 valence electrons. The number of anilines is 1. The fraction of sp³-hybridized carbons (Fsp3) is 0.385. The molecule has 1 rings (SSSR count). The van der Waals surface area contributed by atoms with Crippen LogP contribution in [0.4, 0.5) is 10.5 Å². The van der Waals surface area contributed by atoms with Crippen molar-refractivity contribution >= 4 is 45.3 Å². The van der Waals surface area contributed by atoms with Crippen LogP contribution in [-0.4, -0.2) is 23.0 Å². The summed E-state index contributed by atoms with van der Waals surface area (Å²) in [7, 11) is 0. The van der Waals surface area contributed by atoms with Gasteiger partial charge in [-0.25, -0.2) is 4.79 Å². The summed E-state index contributed by atoms with van der Waals surface area (Å²) in [5.74, 6) is -0.0420. The zero-order valence-electron chi connectivity index (χ0n) is 11.3. The standard InChI is InChI=1S/C13H15BrClNO4/c1-13(2,3)20-12(18)19-10-5-4-8(6-9(10)15)16-11(17)7-14/h4-6H,7H2,1-3H3,(H,16,17). The predicted molar refractivity (Wildman–Crippen MR) is 80.7 cm³/mol. The highest BCUT2D eigenvalue weighted by Crippen LogP contribution is 2.28. The van der Waals surface area contributed by atoms with Crippen LogP contribution in [0, 0.1) is 0 Å². The van der Waals surface area contributed by atoms with Crippen molar-refractivity contribution in [2.45, 2.75) is 26.4 Å². The molecule has 1 amide bonds. The van der Waals surface area contributed by atoms with Gasteiger partial charge in [-0.15, -0.1) is 0 Å². The third kappa shape index (κ3) is 5.79. The molecule has 0 aliphatic heterocycles. The summed E-state index contributed by atoms with van der Waals surface area (Å²) in [6, 6.07) is 4.55. The molecule has 7 heteroatoms. The van der Waals surface area contributed by atoms with Gasteiger partial charge >= 0.3 is 6.16 Å². The highest BCUT2D eigenvalue weighted by Gasteiger charge is 2.19. The van der Waals surface area contributed by atoms with Gasteiger partial charge in [0.1, 0.15) is 5.60 Å². The maximum Gasteiger partial charge on any atom is 0.514 e. The number of benzene rings is 1. The molecule has 0 bridgehead atoms. The number of hydrogen-bond donors (Lipinski definition) is 1. The first-order valence-electron chi connectivity index (χ1n) is 5.77. The smallest absolute Gasteiger partial charge is 0.428 e. The van der Waals surface area contributed by atoms with Crippen LogP contribution in [0.25, 0.3) is 0 Å². The van der Waals surface area contributed by atoms with E-state index >= 15 is 0 Å². The molecule has 1 N–H and O–H groups in total. The monoisotopic (exact) mass is 363 g/mol. The van der Waals surface area contributed by atoms with Gasteiger partial charge in [-0.3, -0.25) is 4.79 Å². The minimum Gasteiger partial charge on any atom is -0.428 e. The van der Waals surface area contributed by atoms with E-state index < -0.39 is 11.8 Å². The van der Waals surface area contributed by atoms with E-state index in [0.29, 0.717) is 5.69 Å². The van der Waals surface area contributed by atoms with Crippen molar-refractivity contribution in [3.63, 3.8) is 0 Å². The minimum absolute atomic E-state index is 0.165. The van der Waals surface area contributed by atoms with Gasteiger partial charge in [0.15, 0.2) is 5.75 Å². The van der Waals surface area contributed by atoms with Crippen molar-refractivity contribution in [1.29, 1.82) is 0 Å². The van der Waals surface area contributed by atoms with E-state index in [1.54, 1.807) is 26.8 Å². The number of hydrogen-bond acceptors (Lipinski definition) is 4. The van der Waals surface area contributed by atoms with Crippen molar-refractivity contribution in [2.24, 2.45) is 0 Å². The van der Waals surface area contributed by atoms with Crippen LogP contribution in [0.1, 0.15) is 20.8 Å². The van der Waals surface area contributed by atoms with Crippen LogP contribution in [0.2, 0.25) is 5.02 Å². The Morgan fingerprint density at radius 1 is 1.35 bits per heavy atom. The molecule has 5 nitrogen and oxygen atoms in total. The molecule has 0 spiro atoms. The second-order valence-electron chi connectivity index (χ2n) is 4.89. The van der Waals surface area contributed by atoms with Crippen LogP contribution in [0.5, 0.6) is 5.75 Å². The molecule has 1 aromatic carbocycles. The number of halogens is 2. The normalized spacial score (nSPS) is 10.8. The summed E-state index contributed by atoms with van der Waals surface area (Å²) >= 11 is 9.01. The fourth-order valence-corrected chi connectivity index (χ4v) is 1.58. The topological polar surface area (TPSA) is 64.6 Å². The molecule has 0 heterocycles. The third-order valence-electron chi connectivity index (χ3n) is 1.92. The molecule has 0 atom stereocenters. The second-order valence-corrected chi connectivity index (χ2v) is 5.86. The summed E-state index contributed by atoms with van der Waals surface area (Å²) in [5.41, 5.74) is -0.135. The molecular weight excluding hydrogens is 350 g/mol. The van der Waals surface area contributed by atoms with Gasteiger partial charge in [-0.2, -0.15) is 0 Å². The highest BCUT2D eigenvalue weighted by molar-refractivity contribution is 9.09.